The highest BCUT2D eigenvalue weighted by Gasteiger charge is 2.16. The molecule has 5 heteroatoms. The molecule has 18 heavy (non-hydrogen) atoms. The number of amides is 1. The lowest BCUT2D eigenvalue weighted by Crippen LogP contribution is -3.00. The summed E-state index contributed by atoms with van der Waals surface area (Å²) in [5.74, 6) is -0.0434. The molecule has 96 valence electrons. The molecule has 0 fully saturated rings. The van der Waals surface area contributed by atoms with Gasteiger partial charge in [-0.25, -0.2) is 0 Å². The van der Waals surface area contributed by atoms with Crippen LogP contribution in [0.1, 0.15) is 5.56 Å². The minimum atomic E-state index is -0.275. The van der Waals surface area contributed by atoms with Gasteiger partial charge in [0.1, 0.15) is 0 Å². The molecule has 1 aromatic heterocycles. The van der Waals surface area contributed by atoms with E-state index in [2.05, 4.69) is 22.1 Å². The van der Waals surface area contributed by atoms with Crippen molar-refractivity contribution in [3.63, 3.8) is 0 Å². The van der Waals surface area contributed by atoms with Crippen LogP contribution in [-0.2, 0) is 11.2 Å². The van der Waals surface area contributed by atoms with Crippen molar-refractivity contribution in [3.8, 4) is 0 Å². The highest BCUT2D eigenvalue weighted by atomic mass is 35.5. The quantitative estimate of drug-likeness (QED) is 0.627. The molecule has 0 saturated heterocycles. The summed E-state index contributed by atoms with van der Waals surface area (Å²) in [5.41, 5.74) is 5.85. The maximum atomic E-state index is 11.4. The molecule has 2 rings (SSSR count). The molecule has 0 unspecified atom stereocenters. The summed E-state index contributed by atoms with van der Waals surface area (Å²) < 4.78 is 0. The van der Waals surface area contributed by atoms with Gasteiger partial charge in [0.2, 0.25) is 0 Å². The first-order valence-electron chi connectivity index (χ1n) is 5.59. The molecule has 4 N–H and O–H groups in total. The first kappa shape index (κ1) is 14.4. The molecular weight excluding hydrogens is 250 g/mol. The first-order valence-corrected chi connectivity index (χ1v) is 5.59. The Labute approximate surface area is 112 Å². The molecule has 2 aromatic rings. The Kier molecular flexibility index (Phi) is 5.07. The SMILES string of the molecule is CNC(=O)[C@@H]([NH3+])Cc1cnc2ccccc2c1.[Cl-]. The van der Waals surface area contributed by atoms with Crippen LogP contribution in [0.5, 0.6) is 0 Å². The number of pyridine rings is 1. The Balaban J connectivity index is 0.00000162. The van der Waals surface area contributed by atoms with Gasteiger partial charge in [-0.05, 0) is 17.7 Å². The van der Waals surface area contributed by atoms with Gasteiger partial charge in [-0.15, -0.1) is 0 Å². The lowest BCUT2D eigenvalue weighted by molar-refractivity contribution is -0.403. The zero-order valence-electron chi connectivity index (χ0n) is 10.2. The van der Waals surface area contributed by atoms with Crippen molar-refractivity contribution < 1.29 is 22.9 Å². The highest BCUT2D eigenvalue weighted by Crippen LogP contribution is 2.13. The van der Waals surface area contributed by atoms with Gasteiger partial charge >= 0.3 is 0 Å². The summed E-state index contributed by atoms with van der Waals surface area (Å²) in [4.78, 5) is 15.7. The monoisotopic (exact) mass is 265 g/mol. The largest absolute Gasteiger partial charge is 1.00 e. The van der Waals surface area contributed by atoms with Gasteiger partial charge in [0.15, 0.2) is 6.04 Å². The van der Waals surface area contributed by atoms with E-state index in [-0.39, 0.29) is 24.4 Å². The van der Waals surface area contributed by atoms with E-state index < -0.39 is 0 Å². The summed E-state index contributed by atoms with van der Waals surface area (Å²) in [7, 11) is 1.62. The second-order valence-corrected chi connectivity index (χ2v) is 4.05. The molecule has 0 saturated carbocycles. The van der Waals surface area contributed by atoms with E-state index in [1.807, 2.05) is 30.5 Å². The van der Waals surface area contributed by atoms with Crippen molar-refractivity contribution >= 4 is 16.8 Å². The fourth-order valence-electron chi connectivity index (χ4n) is 1.81. The van der Waals surface area contributed by atoms with Crippen molar-refractivity contribution in [3.05, 3.63) is 42.1 Å². The third-order valence-corrected chi connectivity index (χ3v) is 2.75. The summed E-state index contributed by atoms with van der Waals surface area (Å²) >= 11 is 0. The lowest BCUT2D eigenvalue weighted by atomic mass is 10.1. The molecule has 0 aliphatic rings. The van der Waals surface area contributed by atoms with E-state index in [9.17, 15) is 4.79 Å². The number of carbonyl (C=O) groups is 1. The second-order valence-electron chi connectivity index (χ2n) is 4.05. The number of carbonyl (C=O) groups excluding carboxylic acids is 1. The van der Waals surface area contributed by atoms with E-state index in [1.54, 1.807) is 7.05 Å². The minimum Gasteiger partial charge on any atom is -1.00 e. The Hall–Kier alpha value is -1.65. The smallest absolute Gasteiger partial charge is 0.278 e. The summed E-state index contributed by atoms with van der Waals surface area (Å²) in [6.45, 7) is 0. The Bertz CT molecular complexity index is 545. The predicted octanol–water partition coefficient (Wildman–Crippen LogP) is -2.86. The van der Waals surface area contributed by atoms with Crippen LogP contribution in [0.2, 0.25) is 0 Å². The second kappa shape index (κ2) is 6.33. The average molecular weight is 266 g/mol. The van der Waals surface area contributed by atoms with Gasteiger partial charge in [0.25, 0.3) is 5.91 Å². The minimum absolute atomic E-state index is 0. The molecule has 0 radical (unpaired) electrons. The number of halogens is 1. The number of fused-ring (bicyclic) bond motifs is 1. The summed E-state index contributed by atoms with van der Waals surface area (Å²) in [5, 5.41) is 3.69. The van der Waals surface area contributed by atoms with E-state index in [0.717, 1.165) is 16.5 Å². The number of likely N-dealkylation sites (N-methyl/N-ethyl adjacent to an activating group) is 1. The van der Waals surface area contributed by atoms with Crippen LogP contribution in [0, 0.1) is 0 Å². The van der Waals surface area contributed by atoms with Gasteiger partial charge in [-0.1, -0.05) is 18.2 Å². The van der Waals surface area contributed by atoms with Crippen molar-refractivity contribution in [2.24, 2.45) is 0 Å². The molecule has 1 amide bonds. The number of para-hydroxylation sites is 1. The van der Waals surface area contributed by atoms with Crippen molar-refractivity contribution in [1.29, 1.82) is 0 Å². The van der Waals surface area contributed by atoms with Gasteiger partial charge in [-0.3, -0.25) is 9.78 Å². The standard InChI is InChI=1S/C13H15N3O.ClH/c1-15-13(17)11(14)7-9-6-10-4-2-3-5-12(10)16-8-9;/h2-6,8,11H,7,14H2,1H3,(H,15,17);1H/t11-;/m0./s1. The molecular formula is C13H16ClN3O. The zero-order chi connectivity index (χ0) is 12.3. The topological polar surface area (TPSA) is 69.6 Å². The van der Waals surface area contributed by atoms with Crippen LogP contribution in [0.25, 0.3) is 10.9 Å². The average Bonchev–Trinajstić information content (AvgIpc) is 2.37. The fourth-order valence-corrected chi connectivity index (χ4v) is 1.81. The van der Waals surface area contributed by atoms with Crippen LogP contribution in [0.15, 0.2) is 36.5 Å². The number of benzene rings is 1. The Morgan fingerprint density at radius 2 is 2.17 bits per heavy atom. The molecule has 1 aromatic carbocycles. The van der Waals surface area contributed by atoms with Crippen molar-refractivity contribution in [2.45, 2.75) is 12.5 Å². The lowest BCUT2D eigenvalue weighted by Gasteiger charge is -2.07. The number of nitrogens with zero attached hydrogens (tertiary/aromatic N) is 1. The molecule has 1 atom stereocenters. The van der Waals surface area contributed by atoms with E-state index >= 15 is 0 Å². The highest BCUT2D eigenvalue weighted by molar-refractivity contribution is 5.81. The normalized spacial score (nSPS) is 11.7. The molecule has 4 nitrogen and oxygen atoms in total. The zero-order valence-corrected chi connectivity index (χ0v) is 10.9. The Morgan fingerprint density at radius 1 is 1.44 bits per heavy atom. The maximum absolute atomic E-state index is 11.4. The van der Waals surface area contributed by atoms with E-state index in [0.29, 0.717) is 6.42 Å². The summed E-state index contributed by atoms with van der Waals surface area (Å²) in [6.07, 6.45) is 2.42. The molecule has 0 aliphatic carbocycles. The molecule has 0 aliphatic heterocycles. The number of nitrogens with one attached hydrogen (secondary N) is 1. The van der Waals surface area contributed by atoms with Crippen molar-refractivity contribution in [1.82, 2.24) is 10.3 Å². The number of hydrogen-bond acceptors (Lipinski definition) is 2. The van der Waals surface area contributed by atoms with Crippen molar-refractivity contribution in [2.75, 3.05) is 7.05 Å². The maximum Gasteiger partial charge on any atom is 0.278 e. The van der Waals surface area contributed by atoms with Crippen LogP contribution in [0.3, 0.4) is 0 Å². The predicted molar refractivity (Wildman–Crippen MR) is 66.2 cm³/mol. The van der Waals surface area contributed by atoms with Gasteiger partial charge < -0.3 is 23.5 Å². The third-order valence-electron chi connectivity index (χ3n) is 2.75. The van der Waals surface area contributed by atoms with Crippen LogP contribution in [-0.4, -0.2) is 24.0 Å². The third kappa shape index (κ3) is 3.18. The van der Waals surface area contributed by atoms with Crippen LogP contribution < -0.4 is 23.5 Å². The molecule has 1 heterocycles. The number of hydrogen-bond donors (Lipinski definition) is 2. The van der Waals surface area contributed by atoms with Crippen LogP contribution in [0.4, 0.5) is 0 Å². The first-order chi connectivity index (χ1) is 8.20. The number of quaternary nitrogens is 1. The molecule has 0 spiro atoms. The van der Waals surface area contributed by atoms with E-state index in [1.165, 1.54) is 0 Å². The summed E-state index contributed by atoms with van der Waals surface area (Å²) in [6, 6.07) is 9.72. The van der Waals surface area contributed by atoms with Crippen LogP contribution >= 0.6 is 0 Å². The Morgan fingerprint density at radius 3 is 2.89 bits per heavy atom. The van der Waals surface area contributed by atoms with Gasteiger partial charge in [0.05, 0.1) is 5.52 Å². The van der Waals surface area contributed by atoms with Gasteiger partial charge in [-0.2, -0.15) is 0 Å². The number of rotatable bonds is 3. The number of aromatic nitrogens is 1. The molecule has 0 bridgehead atoms. The van der Waals surface area contributed by atoms with E-state index in [4.69, 9.17) is 0 Å². The van der Waals surface area contributed by atoms with Gasteiger partial charge in [0, 0.05) is 25.1 Å². The fraction of sp³-hybridized carbons (Fsp3) is 0.231.